The molecular weight excluding hydrogens is 228 g/mol. The minimum atomic E-state index is -0.113. The van der Waals surface area contributed by atoms with Crippen LogP contribution in [0.25, 0.3) is 6.08 Å². The standard InChI is InChI=1S/C14H14N2O2/c1-16-9-8-13(15-16)14(17)7-6-11-4-3-5-12(10-11)18-2/h3-10H,1-2H3/b7-6+. The van der Waals surface area contributed by atoms with Gasteiger partial charge in [-0.25, -0.2) is 0 Å². The molecule has 0 saturated carbocycles. The second kappa shape index (κ2) is 5.31. The first-order valence-corrected chi connectivity index (χ1v) is 5.55. The monoisotopic (exact) mass is 242 g/mol. The molecule has 0 fully saturated rings. The molecule has 18 heavy (non-hydrogen) atoms. The summed E-state index contributed by atoms with van der Waals surface area (Å²) < 4.78 is 6.72. The van der Waals surface area contributed by atoms with Gasteiger partial charge in [0.15, 0.2) is 0 Å². The molecule has 0 atom stereocenters. The van der Waals surface area contributed by atoms with Crippen LogP contribution in [0.15, 0.2) is 42.6 Å². The number of ether oxygens (including phenoxy) is 1. The quantitative estimate of drug-likeness (QED) is 0.610. The van der Waals surface area contributed by atoms with Crippen LogP contribution in [0.3, 0.4) is 0 Å². The van der Waals surface area contributed by atoms with E-state index in [1.54, 1.807) is 37.2 Å². The third-order valence-corrected chi connectivity index (χ3v) is 2.49. The van der Waals surface area contributed by atoms with E-state index in [4.69, 9.17) is 4.74 Å². The average molecular weight is 242 g/mol. The largest absolute Gasteiger partial charge is 0.497 e. The maximum Gasteiger partial charge on any atom is 0.206 e. The van der Waals surface area contributed by atoms with Crippen molar-refractivity contribution in [3.63, 3.8) is 0 Å². The van der Waals surface area contributed by atoms with Crippen molar-refractivity contribution in [2.24, 2.45) is 7.05 Å². The highest BCUT2D eigenvalue weighted by Gasteiger charge is 2.04. The predicted molar refractivity (Wildman–Crippen MR) is 69.6 cm³/mol. The number of carbonyl (C=O) groups excluding carboxylic acids is 1. The number of carbonyl (C=O) groups is 1. The topological polar surface area (TPSA) is 44.1 Å². The van der Waals surface area contributed by atoms with Gasteiger partial charge in [-0.15, -0.1) is 0 Å². The van der Waals surface area contributed by atoms with E-state index < -0.39 is 0 Å². The van der Waals surface area contributed by atoms with Crippen LogP contribution in [-0.2, 0) is 7.05 Å². The zero-order valence-corrected chi connectivity index (χ0v) is 10.3. The molecule has 0 unspecified atom stereocenters. The molecule has 1 aromatic carbocycles. The number of hydrogen-bond donors (Lipinski definition) is 0. The minimum absolute atomic E-state index is 0.113. The lowest BCUT2D eigenvalue weighted by atomic mass is 10.1. The zero-order chi connectivity index (χ0) is 13.0. The summed E-state index contributed by atoms with van der Waals surface area (Å²) in [6.07, 6.45) is 5.00. The molecule has 0 saturated heterocycles. The van der Waals surface area contributed by atoms with Crippen LogP contribution in [0.2, 0.25) is 0 Å². The Labute approximate surface area is 106 Å². The van der Waals surface area contributed by atoms with Gasteiger partial charge in [-0.2, -0.15) is 5.10 Å². The van der Waals surface area contributed by atoms with E-state index in [2.05, 4.69) is 5.10 Å². The third-order valence-electron chi connectivity index (χ3n) is 2.49. The van der Waals surface area contributed by atoms with E-state index in [-0.39, 0.29) is 5.78 Å². The van der Waals surface area contributed by atoms with Crippen molar-refractivity contribution in [2.75, 3.05) is 7.11 Å². The molecule has 92 valence electrons. The molecule has 0 aliphatic carbocycles. The van der Waals surface area contributed by atoms with Crippen LogP contribution in [0, 0.1) is 0 Å². The predicted octanol–water partition coefficient (Wildman–Crippen LogP) is 2.32. The Morgan fingerprint density at radius 1 is 1.39 bits per heavy atom. The molecule has 2 rings (SSSR count). The van der Waals surface area contributed by atoms with E-state index >= 15 is 0 Å². The van der Waals surface area contributed by atoms with Crippen LogP contribution in [0.5, 0.6) is 5.75 Å². The lowest BCUT2D eigenvalue weighted by molar-refractivity contribution is 0.104. The molecule has 4 heteroatoms. The molecule has 4 nitrogen and oxygen atoms in total. The molecule has 1 heterocycles. The van der Waals surface area contributed by atoms with Gasteiger partial charge >= 0.3 is 0 Å². The van der Waals surface area contributed by atoms with Gasteiger partial charge in [0.25, 0.3) is 0 Å². The SMILES string of the molecule is COc1cccc(/C=C/C(=O)c2ccn(C)n2)c1. The maximum absolute atomic E-state index is 11.8. The van der Waals surface area contributed by atoms with E-state index in [1.807, 2.05) is 24.3 Å². The molecule has 0 radical (unpaired) electrons. The zero-order valence-electron chi connectivity index (χ0n) is 10.3. The number of methoxy groups -OCH3 is 1. The first kappa shape index (κ1) is 12.1. The number of rotatable bonds is 4. The number of aryl methyl sites for hydroxylation is 1. The summed E-state index contributed by atoms with van der Waals surface area (Å²) >= 11 is 0. The Morgan fingerprint density at radius 2 is 2.22 bits per heavy atom. The molecular formula is C14H14N2O2. The van der Waals surface area contributed by atoms with E-state index in [9.17, 15) is 4.79 Å². The van der Waals surface area contributed by atoms with Crippen molar-refractivity contribution in [1.82, 2.24) is 9.78 Å². The van der Waals surface area contributed by atoms with Gasteiger partial charge in [0.05, 0.1) is 7.11 Å². The fraction of sp³-hybridized carbons (Fsp3) is 0.143. The number of nitrogens with zero attached hydrogens (tertiary/aromatic N) is 2. The molecule has 0 spiro atoms. The van der Waals surface area contributed by atoms with Gasteiger partial charge in [0, 0.05) is 13.2 Å². The Kier molecular flexibility index (Phi) is 3.57. The summed E-state index contributed by atoms with van der Waals surface area (Å²) in [7, 11) is 3.39. The summed E-state index contributed by atoms with van der Waals surface area (Å²) in [5.74, 6) is 0.654. The highest BCUT2D eigenvalue weighted by Crippen LogP contribution is 2.13. The van der Waals surface area contributed by atoms with Gasteiger partial charge in [-0.3, -0.25) is 9.48 Å². The lowest BCUT2D eigenvalue weighted by Gasteiger charge is -1.99. The third kappa shape index (κ3) is 2.85. The van der Waals surface area contributed by atoms with Crippen molar-refractivity contribution in [3.8, 4) is 5.75 Å². The highest BCUT2D eigenvalue weighted by atomic mass is 16.5. The molecule has 1 aromatic heterocycles. The van der Waals surface area contributed by atoms with Gasteiger partial charge in [0.1, 0.15) is 11.4 Å². The second-order valence-corrected chi connectivity index (χ2v) is 3.85. The Balaban J connectivity index is 2.12. The summed E-state index contributed by atoms with van der Waals surface area (Å²) in [4.78, 5) is 11.8. The summed E-state index contributed by atoms with van der Waals surface area (Å²) in [6.45, 7) is 0. The maximum atomic E-state index is 11.8. The Bertz CT molecular complexity index is 585. The van der Waals surface area contributed by atoms with Crippen molar-refractivity contribution in [3.05, 3.63) is 53.9 Å². The Morgan fingerprint density at radius 3 is 2.89 bits per heavy atom. The van der Waals surface area contributed by atoms with Crippen molar-refractivity contribution < 1.29 is 9.53 Å². The molecule has 0 bridgehead atoms. The van der Waals surface area contributed by atoms with E-state index in [1.165, 1.54) is 6.08 Å². The van der Waals surface area contributed by atoms with Crippen LogP contribution in [0.1, 0.15) is 16.1 Å². The number of aromatic nitrogens is 2. The van der Waals surface area contributed by atoms with Crippen LogP contribution in [-0.4, -0.2) is 22.7 Å². The molecule has 0 aliphatic heterocycles. The number of ketones is 1. The van der Waals surface area contributed by atoms with Gasteiger partial charge in [0.2, 0.25) is 5.78 Å². The van der Waals surface area contributed by atoms with Crippen LogP contribution < -0.4 is 4.74 Å². The average Bonchev–Trinajstić information content (AvgIpc) is 2.83. The fourth-order valence-corrected chi connectivity index (χ4v) is 1.55. The molecule has 2 aromatic rings. The molecule has 0 aliphatic rings. The van der Waals surface area contributed by atoms with Crippen LogP contribution in [0.4, 0.5) is 0 Å². The number of hydrogen-bond acceptors (Lipinski definition) is 3. The summed E-state index contributed by atoms with van der Waals surface area (Å²) in [5, 5.41) is 4.05. The van der Waals surface area contributed by atoms with Crippen molar-refractivity contribution in [2.45, 2.75) is 0 Å². The smallest absolute Gasteiger partial charge is 0.206 e. The van der Waals surface area contributed by atoms with Crippen LogP contribution >= 0.6 is 0 Å². The second-order valence-electron chi connectivity index (χ2n) is 3.85. The molecule has 0 amide bonds. The first-order valence-electron chi connectivity index (χ1n) is 5.55. The summed E-state index contributed by atoms with van der Waals surface area (Å²) in [5.41, 5.74) is 1.36. The van der Waals surface area contributed by atoms with E-state index in [0.29, 0.717) is 5.69 Å². The number of benzene rings is 1. The Hall–Kier alpha value is -2.36. The summed E-state index contributed by atoms with van der Waals surface area (Å²) in [6, 6.07) is 9.20. The highest BCUT2D eigenvalue weighted by molar-refractivity contribution is 6.05. The fourth-order valence-electron chi connectivity index (χ4n) is 1.55. The van der Waals surface area contributed by atoms with Gasteiger partial charge in [-0.1, -0.05) is 18.2 Å². The minimum Gasteiger partial charge on any atom is -0.497 e. The number of allylic oxidation sites excluding steroid dienone is 1. The van der Waals surface area contributed by atoms with E-state index in [0.717, 1.165) is 11.3 Å². The lowest BCUT2D eigenvalue weighted by Crippen LogP contribution is -1.97. The normalized spacial score (nSPS) is 10.8. The van der Waals surface area contributed by atoms with Crippen molar-refractivity contribution >= 4 is 11.9 Å². The first-order chi connectivity index (χ1) is 8.69. The van der Waals surface area contributed by atoms with Gasteiger partial charge in [-0.05, 0) is 29.8 Å². The van der Waals surface area contributed by atoms with Gasteiger partial charge < -0.3 is 4.74 Å². The molecule has 0 N–H and O–H groups in total. The van der Waals surface area contributed by atoms with Crippen molar-refractivity contribution in [1.29, 1.82) is 0 Å².